The molecule has 0 aliphatic carbocycles. The van der Waals surface area contributed by atoms with Crippen molar-refractivity contribution in [3.8, 4) is 0 Å². The molecule has 0 amide bonds. The van der Waals surface area contributed by atoms with Crippen LogP contribution in [0, 0.1) is 0 Å². The molecule has 0 bridgehead atoms. The van der Waals surface area contributed by atoms with E-state index in [4.69, 9.17) is 0 Å². The second-order valence-corrected chi connectivity index (χ2v) is 3.80. The third kappa shape index (κ3) is 9.84. The minimum atomic E-state index is 1.05. The highest BCUT2D eigenvalue weighted by Crippen LogP contribution is 1.92. The van der Waals surface area contributed by atoms with Crippen LogP contribution in [0.1, 0.15) is 46.0 Å². The van der Waals surface area contributed by atoms with Gasteiger partial charge in [0.2, 0.25) is 0 Å². The number of nitrogens with zero attached hydrogens (tertiary/aromatic N) is 1. The molecule has 0 aromatic heterocycles. The van der Waals surface area contributed by atoms with Crippen molar-refractivity contribution in [1.82, 2.24) is 10.2 Å². The fraction of sp³-hybridized carbons (Fsp3) is 1.00. The predicted molar refractivity (Wildman–Crippen MR) is 59.9 cm³/mol. The Morgan fingerprint density at radius 1 is 1.00 bits per heavy atom. The van der Waals surface area contributed by atoms with E-state index in [9.17, 15) is 0 Å². The van der Waals surface area contributed by atoms with Crippen LogP contribution in [0.4, 0.5) is 0 Å². The Bertz CT molecular complexity index is 94.1. The predicted octanol–water partition coefficient (Wildman–Crippen LogP) is 2.46. The van der Waals surface area contributed by atoms with Gasteiger partial charge in [-0.05, 0) is 33.0 Å². The maximum absolute atomic E-state index is 3.45. The summed E-state index contributed by atoms with van der Waals surface area (Å²) in [6, 6.07) is 0. The van der Waals surface area contributed by atoms with Gasteiger partial charge < -0.3 is 5.32 Å². The zero-order chi connectivity index (χ0) is 9.94. The zero-order valence-corrected chi connectivity index (χ0v) is 9.60. The van der Waals surface area contributed by atoms with E-state index in [2.05, 4.69) is 31.1 Å². The number of nitrogens with one attached hydrogen (secondary N) is 1. The Morgan fingerprint density at radius 2 is 1.69 bits per heavy atom. The molecule has 0 saturated heterocycles. The smallest absolute Gasteiger partial charge is 0.0477 e. The van der Waals surface area contributed by atoms with Gasteiger partial charge in [-0.3, -0.25) is 4.90 Å². The summed E-state index contributed by atoms with van der Waals surface area (Å²) in [7, 11) is 2.18. The highest BCUT2D eigenvalue weighted by atomic mass is 15.2. The quantitative estimate of drug-likeness (QED) is 0.439. The van der Waals surface area contributed by atoms with Crippen LogP contribution in [-0.2, 0) is 0 Å². The summed E-state index contributed by atoms with van der Waals surface area (Å²) in [5, 5.41) is 3.45. The molecule has 0 rings (SSSR count). The molecule has 0 atom stereocenters. The fourth-order valence-corrected chi connectivity index (χ4v) is 1.28. The Labute approximate surface area is 83.7 Å². The molecular weight excluding hydrogens is 160 g/mol. The first kappa shape index (κ1) is 12.9. The van der Waals surface area contributed by atoms with Crippen LogP contribution in [0.15, 0.2) is 0 Å². The molecule has 0 unspecified atom stereocenters. The van der Waals surface area contributed by atoms with E-state index >= 15 is 0 Å². The summed E-state index contributed by atoms with van der Waals surface area (Å²) in [5.74, 6) is 0. The maximum Gasteiger partial charge on any atom is 0.0477 e. The van der Waals surface area contributed by atoms with Crippen molar-refractivity contribution in [2.24, 2.45) is 0 Å². The summed E-state index contributed by atoms with van der Waals surface area (Å²) in [6.07, 6.45) is 6.59. The molecule has 0 fully saturated rings. The Morgan fingerprint density at radius 3 is 2.31 bits per heavy atom. The van der Waals surface area contributed by atoms with Crippen molar-refractivity contribution in [2.45, 2.75) is 46.0 Å². The Balaban J connectivity index is 3.03. The lowest BCUT2D eigenvalue weighted by molar-refractivity contribution is 0.301. The maximum atomic E-state index is 3.45. The third-order valence-electron chi connectivity index (χ3n) is 2.23. The largest absolute Gasteiger partial charge is 0.304 e. The van der Waals surface area contributed by atoms with Crippen LogP contribution >= 0.6 is 0 Å². The van der Waals surface area contributed by atoms with Gasteiger partial charge in [0.1, 0.15) is 0 Å². The molecule has 2 heteroatoms. The van der Waals surface area contributed by atoms with Crippen LogP contribution < -0.4 is 5.32 Å². The fourth-order valence-electron chi connectivity index (χ4n) is 1.28. The van der Waals surface area contributed by atoms with E-state index in [1.54, 1.807) is 0 Å². The molecule has 0 aliphatic rings. The average molecular weight is 186 g/mol. The van der Waals surface area contributed by atoms with E-state index in [-0.39, 0.29) is 0 Å². The highest BCUT2D eigenvalue weighted by Gasteiger charge is 1.95. The number of unbranched alkanes of at least 4 members (excludes halogenated alkanes) is 3. The van der Waals surface area contributed by atoms with Crippen LogP contribution in [0.3, 0.4) is 0 Å². The first-order valence-corrected chi connectivity index (χ1v) is 5.70. The molecule has 1 N–H and O–H groups in total. The minimum absolute atomic E-state index is 1.05. The van der Waals surface area contributed by atoms with Gasteiger partial charge in [-0.1, -0.05) is 33.1 Å². The second kappa shape index (κ2) is 10.0. The third-order valence-corrected chi connectivity index (χ3v) is 2.23. The summed E-state index contributed by atoms with van der Waals surface area (Å²) in [6.45, 7) is 7.92. The van der Waals surface area contributed by atoms with Crippen LogP contribution in [0.2, 0.25) is 0 Å². The average Bonchev–Trinajstić information content (AvgIpc) is 2.14. The molecule has 80 valence electrons. The lowest BCUT2D eigenvalue weighted by atomic mass is 10.2. The van der Waals surface area contributed by atoms with Gasteiger partial charge in [-0.15, -0.1) is 0 Å². The minimum Gasteiger partial charge on any atom is -0.304 e. The monoisotopic (exact) mass is 186 g/mol. The van der Waals surface area contributed by atoms with E-state index in [0.717, 1.165) is 6.67 Å². The van der Waals surface area contributed by atoms with E-state index in [1.807, 2.05) is 0 Å². The molecule has 0 aromatic carbocycles. The number of hydrogen-bond donors (Lipinski definition) is 1. The first-order valence-electron chi connectivity index (χ1n) is 5.70. The topological polar surface area (TPSA) is 15.3 Å². The van der Waals surface area contributed by atoms with Crippen molar-refractivity contribution in [2.75, 3.05) is 26.8 Å². The molecule has 0 saturated carbocycles. The molecule has 0 heterocycles. The zero-order valence-electron chi connectivity index (χ0n) is 9.60. The van der Waals surface area contributed by atoms with Crippen molar-refractivity contribution in [3.63, 3.8) is 0 Å². The van der Waals surface area contributed by atoms with Crippen molar-refractivity contribution in [3.05, 3.63) is 0 Å². The van der Waals surface area contributed by atoms with Gasteiger partial charge in [-0.2, -0.15) is 0 Å². The molecule has 2 nitrogen and oxygen atoms in total. The summed E-state index contributed by atoms with van der Waals surface area (Å²) in [5.41, 5.74) is 0. The lowest BCUT2D eigenvalue weighted by Crippen LogP contribution is -2.32. The molecule has 0 spiro atoms. The van der Waals surface area contributed by atoms with Gasteiger partial charge in [0, 0.05) is 6.67 Å². The lowest BCUT2D eigenvalue weighted by Gasteiger charge is -2.16. The normalized spacial score (nSPS) is 11.1. The highest BCUT2D eigenvalue weighted by molar-refractivity contribution is 4.50. The molecule has 13 heavy (non-hydrogen) atoms. The number of hydrogen-bond acceptors (Lipinski definition) is 2. The van der Waals surface area contributed by atoms with Crippen molar-refractivity contribution < 1.29 is 0 Å². The second-order valence-electron chi connectivity index (χ2n) is 3.80. The van der Waals surface area contributed by atoms with E-state index < -0.39 is 0 Å². The number of rotatable bonds is 9. The SMILES string of the molecule is CCCCCNCN(C)CCCC. The van der Waals surface area contributed by atoms with Gasteiger partial charge in [0.05, 0.1) is 0 Å². The van der Waals surface area contributed by atoms with Gasteiger partial charge in [-0.25, -0.2) is 0 Å². The van der Waals surface area contributed by atoms with Crippen LogP contribution in [0.5, 0.6) is 0 Å². The van der Waals surface area contributed by atoms with Crippen LogP contribution in [0.25, 0.3) is 0 Å². The van der Waals surface area contributed by atoms with Crippen LogP contribution in [-0.4, -0.2) is 31.7 Å². The van der Waals surface area contributed by atoms with E-state index in [0.29, 0.717) is 0 Å². The first-order chi connectivity index (χ1) is 6.31. The molecule has 0 aliphatic heterocycles. The summed E-state index contributed by atoms with van der Waals surface area (Å²) >= 11 is 0. The standard InChI is InChI=1S/C11H26N2/c1-4-6-8-9-12-11-13(3)10-7-5-2/h12H,4-11H2,1-3H3. The Kier molecular flexibility index (Phi) is 9.94. The van der Waals surface area contributed by atoms with Gasteiger partial charge in [0.15, 0.2) is 0 Å². The van der Waals surface area contributed by atoms with Gasteiger partial charge in [0.25, 0.3) is 0 Å². The van der Waals surface area contributed by atoms with Crippen molar-refractivity contribution >= 4 is 0 Å². The van der Waals surface area contributed by atoms with Crippen molar-refractivity contribution in [1.29, 1.82) is 0 Å². The van der Waals surface area contributed by atoms with Gasteiger partial charge >= 0.3 is 0 Å². The molecule has 0 aromatic rings. The summed E-state index contributed by atoms with van der Waals surface area (Å²) < 4.78 is 0. The molecular formula is C11H26N2. The molecule has 0 radical (unpaired) electrons. The Hall–Kier alpha value is -0.0800. The summed E-state index contributed by atoms with van der Waals surface area (Å²) in [4.78, 5) is 2.36. The van der Waals surface area contributed by atoms with E-state index in [1.165, 1.54) is 45.2 Å².